The molecule has 1 amide bonds. The van der Waals surface area contributed by atoms with Crippen LogP contribution in [0, 0.1) is 0 Å². The van der Waals surface area contributed by atoms with E-state index in [2.05, 4.69) is 26.4 Å². The van der Waals surface area contributed by atoms with E-state index in [1.54, 1.807) is 19.2 Å². The van der Waals surface area contributed by atoms with Gasteiger partial charge >= 0.3 is 0 Å². The molecule has 2 aromatic rings. The number of nitrogens with one attached hydrogen (secondary N) is 1. The first-order valence-corrected chi connectivity index (χ1v) is 8.42. The first-order chi connectivity index (χ1) is 12.1. The average molecular weight is 405 g/mol. The van der Waals surface area contributed by atoms with Crippen LogP contribution >= 0.6 is 15.9 Å². The second-order valence-electron chi connectivity index (χ2n) is 5.39. The van der Waals surface area contributed by atoms with Crippen molar-refractivity contribution in [3.8, 4) is 11.5 Å². The Morgan fingerprint density at radius 2 is 1.88 bits per heavy atom. The van der Waals surface area contributed by atoms with Gasteiger partial charge in [-0.15, -0.1) is 0 Å². The fourth-order valence-corrected chi connectivity index (χ4v) is 2.92. The molecule has 2 aromatic carbocycles. The van der Waals surface area contributed by atoms with Crippen molar-refractivity contribution in [1.82, 2.24) is 0 Å². The van der Waals surface area contributed by atoms with Gasteiger partial charge in [-0.2, -0.15) is 0 Å². The number of nitrogens with zero attached hydrogens (tertiary/aromatic N) is 1. The molecule has 0 saturated carbocycles. The third-order valence-electron chi connectivity index (χ3n) is 3.82. The molecule has 25 heavy (non-hydrogen) atoms. The minimum absolute atomic E-state index is 0.240. The molecule has 6 nitrogen and oxygen atoms in total. The van der Waals surface area contributed by atoms with E-state index in [4.69, 9.17) is 14.3 Å². The molecule has 0 aliphatic carbocycles. The average Bonchev–Trinajstić information content (AvgIpc) is 3.14. The summed E-state index contributed by atoms with van der Waals surface area (Å²) in [5.74, 6) is 0.775. The van der Waals surface area contributed by atoms with Gasteiger partial charge in [-0.3, -0.25) is 4.79 Å². The van der Waals surface area contributed by atoms with Crippen LogP contribution in [0.3, 0.4) is 0 Å². The van der Waals surface area contributed by atoms with Crippen LogP contribution < -0.4 is 14.8 Å². The number of hydrogen-bond donors (Lipinski definition) is 1. The van der Waals surface area contributed by atoms with E-state index in [0.29, 0.717) is 33.8 Å². The number of amides is 1. The van der Waals surface area contributed by atoms with Crippen molar-refractivity contribution < 1.29 is 19.1 Å². The molecular formula is C18H17BrN2O4. The van der Waals surface area contributed by atoms with Crippen LogP contribution in [-0.4, -0.2) is 25.8 Å². The molecule has 7 heteroatoms. The number of ether oxygens (including phenoxy) is 2. The normalized spacial score (nSPS) is 16.0. The summed E-state index contributed by atoms with van der Waals surface area (Å²) < 4.78 is 11.2. The molecule has 0 spiro atoms. The summed E-state index contributed by atoms with van der Waals surface area (Å²) in [6.07, 6.45) is 0.177. The van der Waals surface area contributed by atoms with Gasteiger partial charge in [0.25, 0.3) is 5.91 Å². The lowest BCUT2D eigenvalue weighted by Gasteiger charge is -2.12. The van der Waals surface area contributed by atoms with Crippen molar-refractivity contribution in [1.29, 1.82) is 0 Å². The zero-order valence-corrected chi connectivity index (χ0v) is 15.4. The molecule has 1 aliphatic rings. The van der Waals surface area contributed by atoms with E-state index in [-0.39, 0.29) is 12.0 Å². The summed E-state index contributed by atoms with van der Waals surface area (Å²) in [5.41, 5.74) is 1.89. The summed E-state index contributed by atoms with van der Waals surface area (Å²) in [6, 6.07) is 13.1. The first kappa shape index (κ1) is 17.3. The van der Waals surface area contributed by atoms with Crippen molar-refractivity contribution in [2.45, 2.75) is 12.5 Å². The summed E-state index contributed by atoms with van der Waals surface area (Å²) in [7, 11) is 3.09. The molecule has 0 fully saturated rings. The Morgan fingerprint density at radius 1 is 1.20 bits per heavy atom. The number of rotatable bonds is 5. The van der Waals surface area contributed by atoms with Gasteiger partial charge in [-0.25, -0.2) is 0 Å². The van der Waals surface area contributed by atoms with Gasteiger partial charge in [0.05, 0.1) is 19.9 Å². The van der Waals surface area contributed by atoms with Crippen LogP contribution in [0.4, 0.5) is 5.69 Å². The fraction of sp³-hybridized carbons (Fsp3) is 0.222. The van der Waals surface area contributed by atoms with Crippen LogP contribution in [0.1, 0.15) is 18.1 Å². The molecule has 1 atom stereocenters. The Kier molecular flexibility index (Phi) is 5.23. The van der Waals surface area contributed by atoms with Crippen molar-refractivity contribution in [3.05, 3.63) is 52.5 Å². The molecule has 130 valence electrons. The van der Waals surface area contributed by atoms with Crippen LogP contribution in [0.5, 0.6) is 11.5 Å². The number of hydrogen-bond acceptors (Lipinski definition) is 5. The number of halogens is 1. The number of oxime groups is 1. The Bertz CT molecular complexity index is 808. The van der Waals surface area contributed by atoms with Crippen LogP contribution in [0.15, 0.2) is 52.1 Å². The van der Waals surface area contributed by atoms with Crippen molar-refractivity contribution in [3.63, 3.8) is 0 Å². The van der Waals surface area contributed by atoms with Crippen LogP contribution in [-0.2, 0) is 9.63 Å². The number of carbonyl (C=O) groups excluding carboxylic acids is 1. The minimum atomic E-state index is -0.314. The highest BCUT2D eigenvalue weighted by atomic mass is 79.9. The summed E-state index contributed by atoms with van der Waals surface area (Å²) in [5, 5.41) is 6.75. The Balaban J connectivity index is 1.71. The molecular weight excluding hydrogens is 388 g/mol. The smallest absolute Gasteiger partial charge is 0.273 e. The molecule has 0 unspecified atom stereocenters. The van der Waals surface area contributed by atoms with E-state index >= 15 is 0 Å². The maximum absolute atomic E-state index is 12.5. The maximum atomic E-state index is 12.5. The lowest BCUT2D eigenvalue weighted by molar-refractivity contribution is -0.110. The number of carbonyl (C=O) groups is 1. The predicted octanol–water partition coefficient (Wildman–Crippen LogP) is 3.92. The maximum Gasteiger partial charge on any atom is 0.273 e. The van der Waals surface area contributed by atoms with Gasteiger partial charge in [-0.05, 0) is 21.5 Å². The molecule has 0 radical (unpaired) electrons. The zero-order valence-electron chi connectivity index (χ0n) is 13.8. The highest BCUT2D eigenvalue weighted by molar-refractivity contribution is 9.10. The minimum Gasteiger partial charge on any atom is -0.493 e. The molecule has 1 aliphatic heterocycles. The lowest BCUT2D eigenvalue weighted by Crippen LogP contribution is -2.22. The quantitative estimate of drug-likeness (QED) is 0.819. The Morgan fingerprint density at radius 3 is 2.56 bits per heavy atom. The van der Waals surface area contributed by atoms with Crippen LogP contribution in [0.25, 0.3) is 0 Å². The second-order valence-corrected chi connectivity index (χ2v) is 6.24. The van der Waals surface area contributed by atoms with Gasteiger partial charge in [0.2, 0.25) is 0 Å². The van der Waals surface area contributed by atoms with Gasteiger partial charge in [0.1, 0.15) is 5.71 Å². The van der Waals surface area contributed by atoms with Crippen molar-refractivity contribution >= 4 is 33.2 Å². The largest absolute Gasteiger partial charge is 0.493 e. The molecule has 0 bridgehead atoms. The molecule has 0 saturated heterocycles. The van der Waals surface area contributed by atoms with Crippen molar-refractivity contribution in [2.24, 2.45) is 5.16 Å². The highest BCUT2D eigenvalue weighted by Crippen LogP contribution is 2.36. The van der Waals surface area contributed by atoms with E-state index in [0.717, 1.165) is 5.56 Å². The van der Waals surface area contributed by atoms with Crippen molar-refractivity contribution in [2.75, 3.05) is 19.5 Å². The molecule has 1 heterocycles. The number of anilines is 1. The summed E-state index contributed by atoms with van der Waals surface area (Å²) in [6.45, 7) is 0. The number of methoxy groups -OCH3 is 2. The zero-order chi connectivity index (χ0) is 17.8. The SMILES string of the molecule is COc1cc(Br)c(NC(=O)C2=NO[C@@H](c3ccccc3)C2)cc1OC. The Labute approximate surface area is 153 Å². The van der Waals surface area contributed by atoms with E-state index in [1.165, 1.54) is 7.11 Å². The molecule has 3 rings (SSSR count). The van der Waals surface area contributed by atoms with Crippen LogP contribution in [0.2, 0.25) is 0 Å². The third kappa shape index (κ3) is 3.76. The first-order valence-electron chi connectivity index (χ1n) is 7.63. The second kappa shape index (κ2) is 7.57. The van der Waals surface area contributed by atoms with Gasteiger partial charge in [0, 0.05) is 23.0 Å². The molecule has 1 N–H and O–H groups in total. The monoisotopic (exact) mass is 404 g/mol. The lowest BCUT2D eigenvalue weighted by atomic mass is 10.0. The molecule has 0 aromatic heterocycles. The van der Waals surface area contributed by atoms with Gasteiger partial charge in [0.15, 0.2) is 17.6 Å². The highest BCUT2D eigenvalue weighted by Gasteiger charge is 2.27. The van der Waals surface area contributed by atoms with Gasteiger partial charge in [-0.1, -0.05) is 35.5 Å². The Hall–Kier alpha value is -2.54. The third-order valence-corrected chi connectivity index (χ3v) is 4.48. The fourth-order valence-electron chi connectivity index (χ4n) is 2.50. The van der Waals surface area contributed by atoms with E-state index < -0.39 is 0 Å². The summed E-state index contributed by atoms with van der Waals surface area (Å²) in [4.78, 5) is 17.9. The van der Waals surface area contributed by atoms with E-state index in [1.807, 2.05) is 30.3 Å². The van der Waals surface area contributed by atoms with Gasteiger partial charge < -0.3 is 19.6 Å². The number of benzene rings is 2. The van der Waals surface area contributed by atoms with E-state index in [9.17, 15) is 4.79 Å². The predicted molar refractivity (Wildman–Crippen MR) is 98.2 cm³/mol. The topological polar surface area (TPSA) is 69.2 Å². The standard InChI is InChI=1S/C18H17BrN2O4/c1-23-16-8-12(19)13(9-17(16)24-2)20-18(22)14-10-15(25-21-14)11-6-4-3-5-7-11/h3-9,15H,10H2,1-2H3,(H,20,22)/t15-/m1/s1. The summed E-state index contributed by atoms with van der Waals surface area (Å²) >= 11 is 3.42.